The van der Waals surface area contributed by atoms with Crippen LogP contribution in [-0.2, 0) is 4.74 Å². The Morgan fingerprint density at radius 2 is 2.53 bits per heavy atom. The number of nitrogens with zero attached hydrogens (tertiary/aromatic N) is 1. The van der Waals surface area contributed by atoms with Crippen LogP contribution in [0.2, 0.25) is 0 Å². The SMILES string of the molecule is CN(CCC1COCCN1)c1cc[nH]c1. The average Bonchev–Trinajstić information content (AvgIpc) is 2.81. The van der Waals surface area contributed by atoms with E-state index in [-0.39, 0.29) is 0 Å². The van der Waals surface area contributed by atoms with E-state index in [0.717, 1.165) is 32.7 Å². The van der Waals surface area contributed by atoms with Crippen molar-refractivity contribution in [3.05, 3.63) is 18.5 Å². The fraction of sp³-hybridized carbons (Fsp3) is 0.636. The van der Waals surface area contributed by atoms with E-state index in [0.29, 0.717) is 6.04 Å². The van der Waals surface area contributed by atoms with Crippen molar-refractivity contribution in [3.8, 4) is 0 Å². The first-order valence-corrected chi connectivity index (χ1v) is 5.51. The number of rotatable bonds is 4. The molecule has 0 spiro atoms. The van der Waals surface area contributed by atoms with Crippen molar-refractivity contribution in [3.63, 3.8) is 0 Å². The summed E-state index contributed by atoms with van der Waals surface area (Å²) in [5, 5.41) is 3.46. The molecule has 2 rings (SSSR count). The summed E-state index contributed by atoms with van der Waals surface area (Å²) in [6, 6.07) is 2.60. The van der Waals surface area contributed by atoms with Gasteiger partial charge in [-0.1, -0.05) is 0 Å². The Bertz CT molecular complexity index is 267. The minimum Gasteiger partial charge on any atom is -0.379 e. The molecule has 1 unspecified atom stereocenters. The van der Waals surface area contributed by atoms with Crippen LogP contribution in [0.15, 0.2) is 18.5 Å². The van der Waals surface area contributed by atoms with Gasteiger partial charge in [0.2, 0.25) is 0 Å². The lowest BCUT2D eigenvalue weighted by Crippen LogP contribution is -2.42. The van der Waals surface area contributed by atoms with Crippen LogP contribution >= 0.6 is 0 Å². The van der Waals surface area contributed by atoms with Crippen LogP contribution < -0.4 is 10.2 Å². The van der Waals surface area contributed by atoms with Gasteiger partial charge in [-0.25, -0.2) is 0 Å². The maximum atomic E-state index is 5.42. The Hall–Kier alpha value is -1.00. The molecule has 1 aromatic heterocycles. The van der Waals surface area contributed by atoms with Crippen LogP contribution in [0.4, 0.5) is 5.69 Å². The third-order valence-electron chi connectivity index (χ3n) is 2.83. The van der Waals surface area contributed by atoms with Gasteiger partial charge in [0, 0.05) is 38.6 Å². The number of nitrogens with one attached hydrogen (secondary N) is 2. The summed E-state index contributed by atoms with van der Waals surface area (Å²) in [5.74, 6) is 0. The summed E-state index contributed by atoms with van der Waals surface area (Å²) in [5.41, 5.74) is 1.24. The van der Waals surface area contributed by atoms with Gasteiger partial charge in [-0.2, -0.15) is 0 Å². The van der Waals surface area contributed by atoms with E-state index in [2.05, 4.69) is 28.3 Å². The third kappa shape index (κ3) is 2.97. The molecule has 1 aliphatic rings. The lowest BCUT2D eigenvalue weighted by molar-refractivity contribution is 0.0749. The molecule has 0 amide bonds. The number of aromatic nitrogens is 1. The standard InChI is InChI=1S/C11H19N3O/c1-14(11-2-4-12-8-11)6-3-10-9-15-7-5-13-10/h2,4,8,10,12-13H,3,5-7,9H2,1H3. The van der Waals surface area contributed by atoms with Crippen LogP contribution in [0, 0.1) is 0 Å². The monoisotopic (exact) mass is 209 g/mol. The number of hydrogen-bond donors (Lipinski definition) is 2. The highest BCUT2D eigenvalue weighted by molar-refractivity contribution is 5.42. The molecule has 0 aliphatic carbocycles. The average molecular weight is 209 g/mol. The highest BCUT2D eigenvalue weighted by Crippen LogP contribution is 2.11. The Kier molecular flexibility index (Phi) is 3.64. The van der Waals surface area contributed by atoms with Gasteiger partial charge in [0.25, 0.3) is 0 Å². The highest BCUT2D eigenvalue weighted by Gasteiger charge is 2.13. The van der Waals surface area contributed by atoms with Gasteiger partial charge >= 0.3 is 0 Å². The lowest BCUT2D eigenvalue weighted by atomic mass is 10.2. The maximum absolute atomic E-state index is 5.42. The molecular weight excluding hydrogens is 190 g/mol. The van der Waals surface area contributed by atoms with Crippen LogP contribution in [-0.4, -0.2) is 44.4 Å². The molecule has 1 aliphatic heterocycles. The quantitative estimate of drug-likeness (QED) is 0.771. The number of morpholine rings is 1. The molecular formula is C11H19N3O. The number of H-pyrrole nitrogens is 1. The fourth-order valence-electron chi connectivity index (χ4n) is 1.84. The molecule has 1 saturated heterocycles. The smallest absolute Gasteiger partial charge is 0.0620 e. The van der Waals surface area contributed by atoms with E-state index in [1.54, 1.807) is 0 Å². The predicted octanol–water partition coefficient (Wildman–Crippen LogP) is 0.829. The molecule has 0 radical (unpaired) electrons. The van der Waals surface area contributed by atoms with Gasteiger partial charge in [0.15, 0.2) is 0 Å². The van der Waals surface area contributed by atoms with Gasteiger partial charge < -0.3 is 19.9 Å². The van der Waals surface area contributed by atoms with Crippen molar-refractivity contribution in [2.75, 3.05) is 38.3 Å². The predicted molar refractivity (Wildman–Crippen MR) is 61.3 cm³/mol. The Balaban J connectivity index is 1.73. The molecule has 2 N–H and O–H groups in total. The number of ether oxygens (including phenoxy) is 1. The van der Waals surface area contributed by atoms with Gasteiger partial charge in [-0.05, 0) is 12.5 Å². The summed E-state index contributed by atoms with van der Waals surface area (Å²) in [7, 11) is 2.12. The van der Waals surface area contributed by atoms with Crippen LogP contribution in [0.3, 0.4) is 0 Å². The maximum Gasteiger partial charge on any atom is 0.0620 e. The normalized spacial score (nSPS) is 21.5. The molecule has 0 bridgehead atoms. The second-order valence-electron chi connectivity index (χ2n) is 4.01. The van der Waals surface area contributed by atoms with Crippen molar-refractivity contribution < 1.29 is 4.74 Å². The van der Waals surface area contributed by atoms with Gasteiger partial charge in [0.1, 0.15) is 0 Å². The van der Waals surface area contributed by atoms with Gasteiger partial charge in [-0.15, -0.1) is 0 Å². The first-order chi connectivity index (χ1) is 7.36. The van der Waals surface area contributed by atoms with E-state index in [1.165, 1.54) is 5.69 Å². The number of aromatic amines is 1. The van der Waals surface area contributed by atoms with E-state index in [9.17, 15) is 0 Å². The molecule has 1 fully saturated rings. The molecule has 2 heterocycles. The minimum atomic E-state index is 0.514. The Morgan fingerprint density at radius 1 is 1.60 bits per heavy atom. The van der Waals surface area contributed by atoms with E-state index in [4.69, 9.17) is 4.74 Å². The zero-order valence-electron chi connectivity index (χ0n) is 9.20. The van der Waals surface area contributed by atoms with Crippen LogP contribution in [0.1, 0.15) is 6.42 Å². The number of hydrogen-bond acceptors (Lipinski definition) is 3. The molecule has 1 aromatic rings. The van der Waals surface area contributed by atoms with Crippen molar-refractivity contribution in [1.29, 1.82) is 0 Å². The Labute approximate surface area is 90.6 Å². The zero-order valence-corrected chi connectivity index (χ0v) is 9.20. The largest absolute Gasteiger partial charge is 0.379 e. The summed E-state index contributed by atoms with van der Waals surface area (Å²) < 4.78 is 5.42. The summed E-state index contributed by atoms with van der Waals surface area (Å²) >= 11 is 0. The summed E-state index contributed by atoms with van der Waals surface area (Å²) in [6.45, 7) is 3.74. The van der Waals surface area contributed by atoms with Gasteiger partial charge in [-0.3, -0.25) is 0 Å². The topological polar surface area (TPSA) is 40.3 Å². The van der Waals surface area contributed by atoms with E-state index < -0.39 is 0 Å². The molecule has 84 valence electrons. The molecule has 1 atom stereocenters. The highest BCUT2D eigenvalue weighted by atomic mass is 16.5. The van der Waals surface area contributed by atoms with E-state index in [1.807, 2.05) is 12.4 Å². The van der Waals surface area contributed by atoms with E-state index >= 15 is 0 Å². The zero-order chi connectivity index (χ0) is 10.5. The molecule has 0 saturated carbocycles. The van der Waals surface area contributed by atoms with Crippen molar-refractivity contribution >= 4 is 5.69 Å². The second-order valence-corrected chi connectivity index (χ2v) is 4.01. The first-order valence-electron chi connectivity index (χ1n) is 5.51. The molecule has 4 heteroatoms. The lowest BCUT2D eigenvalue weighted by Gasteiger charge is -2.26. The molecule has 15 heavy (non-hydrogen) atoms. The van der Waals surface area contributed by atoms with Gasteiger partial charge in [0.05, 0.1) is 18.9 Å². The summed E-state index contributed by atoms with van der Waals surface area (Å²) in [6.07, 6.45) is 5.10. The fourth-order valence-corrected chi connectivity index (χ4v) is 1.84. The van der Waals surface area contributed by atoms with Crippen LogP contribution in [0.5, 0.6) is 0 Å². The number of anilines is 1. The Morgan fingerprint density at radius 3 is 3.20 bits per heavy atom. The third-order valence-corrected chi connectivity index (χ3v) is 2.83. The van der Waals surface area contributed by atoms with Crippen LogP contribution in [0.25, 0.3) is 0 Å². The first kappa shape index (κ1) is 10.5. The molecule has 0 aromatic carbocycles. The summed E-state index contributed by atoms with van der Waals surface area (Å²) in [4.78, 5) is 5.32. The van der Waals surface area contributed by atoms with Crippen molar-refractivity contribution in [2.45, 2.75) is 12.5 Å². The second kappa shape index (κ2) is 5.19. The van der Waals surface area contributed by atoms with Crippen molar-refractivity contribution in [2.24, 2.45) is 0 Å². The minimum absolute atomic E-state index is 0.514. The molecule has 4 nitrogen and oxygen atoms in total. The van der Waals surface area contributed by atoms with Crippen molar-refractivity contribution in [1.82, 2.24) is 10.3 Å².